The average molecular weight is 267 g/mol. The molecule has 0 saturated carbocycles. The second-order valence-electron chi connectivity index (χ2n) is 4.22. The Morgan fingerprint density at radius 1 is 1.50 bits per heavy atom. The number of hydrogen-bond donors (Lipinski definition) is 1. The molecule has 18 heavy (non-hydrogen) atoms. The maximum Gasteiger partial charge on any atom is 0.471 e. The summed E-state index contributed by atoms with van der Waals surface area (Å²) in [5.74, 6) is -1.82. The summed E-state index contributed by atoms with van der Waals surface area (Å²) < 4.78 is 36.7. The van der Waals surface area contributed by atoms with E-state index < -0.39 is 17.5 Å². The van der Waals surface area contributed by atoms with Gasteiger partial charge in [0.15, 0.2) is 0 Å². The highest BCUT2D eigenvalue weighted by atomic mass is 19.4. The first-order valence-electron chi connectivity index (χ1n) is 5.47. The predicted molar refractivity (Wildman–Crippen MR) is 58.9 cm³/mol. The van der Waals surface area contributed by atoms with Crippen molar-refractivity contribution in [2.24, 2.45) is 16.3 Å². The monoisotopic (exact) mass is 267 g/mol. The summed E-state index contributed by atoms with van der Waals surface area (Å²) in [7, 11) is 1.34. The highest BCUT2D eigenvalue weighted by Gasteiger charge is 2.53. The fraction of sp³-hybridized carbons (Fsp3) is 0.800. The molecule has 5 nitrogen and oxygen atoms in total. The van der Waals surface area contributed by atoms with E-state index in [-0.39, 0.29) is 19.6 Å². The molecule has 1 saturated heterocycles. The topological polar surface area (TPSA) is 67.9 Å². The smallest absolute Gasteiger partial charge is 0.399 e. The van der Waals surface area contributed by atoms with Gasteiger partial charge in [-0.05, 0) is 6.42 Å². The van der Waals surface area contributed by atoms with E-state index in [1.54, 1.807) is 0 Å². The van der Waals surface area contributed by atoms with Gasteiger partial charge in [0.2, 0.25) is 0 Å². The molecular weight excluding hydrogens is 251 g/mol. The molecule has 0 spiro atoms. The van der Waals surface area contributed by atoms with E-state index >= 15 is 0 Å². The van der Waals surface area contributed by atoms with Crippen LogP contribution in [0.2, 0.25) is 0 Å². The standard InChI is InChI=1S/C10H16F3N3O2/c1-3-9(7(4-14)15-18-2)5-16(6-9)8(17)10(11,12)13/h3-6,14H2,1-2H3/b15-7+. The highest BCUT2D eigenvalue weighted by molar-refractivity contribution is 5.95. The lowest BCUT2D eigenvalue weighted by atomic mass is 9.73. The molecule has 0 aliphatic carbocycles. The van der Waals surface area contributed by atoms with Gasteiger partial charge in [0.05, 0.1) is 5.71 Å². The minimum Gasteiger partial charge on any atom is -0.399 e. The quantitative estimate of drug-likeness (QED) is 0.603. The second kappa shape index (κ2) is 5.13. The molecule has 104 valence electrons. The number of hydrogen-bond acceptors (Lipinski definition) is 4. The van der Waals surface area contributed by atoms with E-state index in [4.69, 9.17) is 5.73 Å². The summed E-state index contributed by atoms with van der Waals surface area (Å²) in [5, 5.41) is 3.74. The molecule has 1 fully saturated rings. The SMILES string of the molecule is CCC1(/C(CN)=N/OC)CN(C(=O)C(F)(F)F)C1. The van der Waals surface area contributed by atoms with Crippen molar-refractivity contribution in [3.63, 3.8) is 0 Å². The van der Waals surface area contributed by atoms with Crippen molar-refractivity contribution in [1.82, 2.24) is 4.90 Å². The summed E-state index contributed by atoms with van der Waals surface area (Å²) in [6, 6.07) is 0. The van der Waals surface area contributed by atoms with Crippen LogP contribution in [0.1, 0.15) is 13.3 Å². The van der Waals surface area contributed by atoms with Gasteiger partial charge in [-0.2, -0.15) is 13.2 Å². The van der Waals surface area contributed by atoms with Crippen molar-refractivity contribution in [3.05, 3.63) is 0 Å². The van der Waals surface area contributed by atoms with E-state index in [0.29, 0.717) is 12.1 Å². The Labute approximate surface area is 103 Å². The first-order valence-corrected chi connectivity index (χ1v) is 5.47. The largest absolute Gasteiger partial charge is 0.471 e. The van der Waals surface area contributed by atoms with Crippen LogP contribution in [-0.2, 0) is 9.63 Å². The van der Waals surface area contributed by atoms with Crippen molar-refractivity contribution >= 4 is 11.6 Å². The lowest BCUT2D eigenvalue weighted by molar-refractivity contribution is -0.193. The molecule has 0 aromatic heterocycles. The van der Waals surface area contributed by atoms with Gasteiger partial charge in [0.25, 0.3) is 0 Å². The summed E-state index contributed by atoms with van der Waals surface area (Å²) in [4.78, 5) is 16.4. The number of carbonyl (C=O) groups is 1. The highest BCUT2D eigenvalue weighted by Crippen LogP contribution is 2.37. The molecule has 0 aromatic carbocycles. The third-order valence-corrected chi connectivity index (χ3v) is 3.20. The molecule has 2 N–H and O–H groups in total. The number of alkyl halides is 3. The minimum absolute atomic E-state index is 0.0266. The van der Waals surface area contributed by atoms with Gasteiger partial charge in [-0.1, -0.05) is 12.1 Å². The Morgan fingerprint density at radius 2 is 2.06 bits per heavy atom. The average Bonchev–Trinajstić information content (AvgIpc) is 2.25. The molecule has 0 unspecified atom stereocenters. The zero-order valence-corrected chi connectivity index (χ0v) is 10.3. The van der Waals surface area contributed by atoms with E-state index in [0.717, 1.165) is 4.90 Å². The van der Waals surface area contributed by atoms with E-state index in [1.807, 2.05) is 6.92 Å². The predicted octanol–water partition coefficient (Wildman–Crippen LogP) is 0.748. The Morgan fingerprint density at radius 3 is 2.39 bits per heavy atom. The van der Waals surface area contributed by atoms with Gasteiger partial charge in [-0.15, -0.1) is 0 Å². The van der Waals surface area contributed by atoms with Crippen LogP contribution in [0.5, 0.6) is 0 Å². The normalized spacial score (nSPS) is 19.4. The third-order valence-electron chi connectivity index (χ3n) is 3.20. The first kappa shape index (κ1) is 14.7. The van der Waals surface area contributed by atoms with Gasteiger partial charge < -0.3 is 15.5 Å². The van der Waals surface area contributed by atoms with E-state index in [1.165, 1.54) is 7.11 Å². The van der Waals surface area contributed by atoms with Crippen molar-refractivity contribution < 1.29 is 22.8 Å². The lowest BCUT2D eigenvalue weighted by Gasteiger charge is -2.49. The molecule has 1 rings (SSSR count). The molecular formula is C10H16F3N3O2. The Kier molecular flexibility index (Phi) is 4.20. The van der Waals surface area contributed by atoms with E-state index in [9.17, 15) is 18.0 Å². The molecule has 1 amide bonds. The number of carbonyl (C=O) groups excluding carboxylic acids is 1. The first-order chi connectivity index (χ1) is 8.30. The van der Waals surface area contributed by atoms with Crippen LogP contribution in [-0.4, -0.2) is 49.4 Å². The molecule has 0 bridgehead atoms. The molecule has 1 heterocycles. The molecule has 0 atom stereocenters. The van der Waals surface area contributed by atoms with Crippen LogP contribution in [0, 0.1) is 5.41 Å². The maximum absolute atomic E-state index is 12.2. The Balaban J connectivity index is 2.77. The number of halogens is 3. The van der Waals surface area contributed by atoms with Gasteiger partial charge in [0.1, 0.15) is 7.11 Å². The zero-order chi connectivity index (χ0) is 14.0. The van der Waals surface area contributed by atoms with Crippen LogP contribution < -0.4 is 5.73 Å². The van der Waals surface area contributed by atoms with Crippen molar-refractivity contribution in [3.8, 4) is 0 Å². The minimum atomic E-state index is -4.83. The van der Waals surface area contributed by atoms with Crippen molar-refractivity contribution in [2.45, 2.75) is 19.5 Å². The van der Waals surface area contributed by atoms with Crippen LogP contribution in [0.15, 0.2) is 5.16 Å². The van der Waals surface area contributed by atoms with Crippen LogP contribution in [0.4, 0.5) is 13.2 Å². The number of nitrogens with two attached hydrogens (primary N) is 1. The number of rotatable bonds is 4. The van der Waals surface area contributed by atoms with Crippen molar-refractivity contribution in [2.75, 3.05) is 26.7 Å². The fourth-order valence-electron chi connectivity index (χ4n) is 2.08. The third kappa shape index (κ3) is 2.58. The summed E-state index contributed by atoms with van der Waals surface area (Å²) in [5.41, 5.74) is 5.39. The molecule has 1 aliphatic heterocycles. The number of amides is 1. The molecule has 1 aliphatic rings. The summed E-state index contributed by atoms with van der Waals surface area (Å²) in [6.45, 7) is 1.86. The number of likely N-dealkylation sites (tertiary alicyclic amines) is 1. The van der Waals surface area contributed by atoms with Gasteiger partial charge in [-0.25, -0.2) is 0 Å². The van der Waals surface area contributed by atoms with Crippen LogP contribution in [0.3, 0.4) is 0 Å². The summed E-state index contributed by atoms with van der Waals surface area (Å²) in [6.07, 6.45) is -4.28. The zero-order valence-electron chi connectivity index (χ0n) is 10.3. The van der Waals surface area contributed by atoms with Gasteiger partial charge >= 0.3 is 12.1 Å². The Bertz CT molecular complexity index is 349. The fourth-order valence-corrected chi connectivity index (χ4v) is 2.08. The molecule has 0 aromatic rings. The van der Waals surface area contributed by atoms with Crippen LogP contribution >= 0.6 is 0 Å². The number of nitrogens with zero attached hydrogens (tertiary/aromatic N) is 2. The van der Waals surface area contributed by atoms with Gasteiger partial charge in [-0.3, -0.25) is 4.79 Å². The second-order valence-corrected chi connectivity index (χ2v) is 4.22. The summed E-state index contributed by atoms with van der Waals surface area (Å²) >= 11 is 0. The van der Waals surface area contributed by atoms with E-state index in [2.05, 4.69) is 9.99 Å². The van der Waals surface area contributed by atoms with Crippen LogP contribution in [0.25, 0.3) is 0 Å². The maximum atomic E-state index is 12.2. The number of oxime groups is 1. The molecule has 8 heteroatoms. The van der Waals surface area contributed by atoms with Crippen molar-refractivity contribution in [1.29, 1.82) is 0 Å². The lowest BCUT2D eigenvalue weighted by Crippen LogP contribution is -2.65. The molecule has 0 radical (unpaired) electrons. The van der Waals surface area contributed by atoms with Gasteiger partial charge in [0, 0.05) is 25.0 Å². The Hall–Kier alpha value is -1.31.